The first-order valence-electron chi connectivity index (χ1n) is 6.74. The van der Waals surface area contributed by atoms with Crippen LogP contribution in [0.5, 0.6) is 0 Å². The highest BCUT2D eigenvalue weighted by atomic mass is 79.9. The third-order valence-corrected chi connectivity index (χ3v) is 3.74. The van der Waals surface area contributed by atoms with Crippen molar-refractivity contribution in [2.45, 2.75) is 13.5 Å². The van der Waals surface area contributed by atoms with Crippen LogP contribution in [0.1, 0.15) is 23.0 Å². The molecule has 110 valence electrons. The van der Waals surface area contributed by atoms with Gasteiger partial charge in [-0.3, -0.25) is 9.48 Å². The monoisotopic (exact) mass is 347 g/mol. The summed E-state index contributed by atoms with van der Waals surface area (Å²) >= 11 is 3.37. The molecule has 1 heterocycles. The van der Waals surface area contributed by atoms with Crippen LogP contribution in [0.2, 0.25) is 0 Å². The Hall–Kier alpha value is -1.88. The van der Waals surface area contributed by atoms with Gasteiger partial charge in [-0.15, -0.1) is 0 Å². The zero-order chi connectivity index (χ0) is 15.4. The molecule has 0 N–H and O–H groups in total. The summed E-state index contributed by atoms with van der Waals surface area (Å²) < 4.78 is 2.41. The van der Waals surface area contributed by atoms with Gasteiger partial charge in [-0.2, -0.15) is 5.10 Å². The summed E-state index contributed by atoms with van der Waals surface area (Å²) in [6.07, 6.45) is 5.05. The Kier molecular flexibility index (Phi) is 4.96. The van der Waals surface area contributed by atoms with Gasteiger partial charge in [0.05, 0.1) is 10.7 Å². The van der Waals surface area contributed by atoms with Crippen LogP contribution in [-0.2, 0) is 6.54 Å². The van der Waals surface area contributed by atoms with Gasteiger partial charge < -0.3 is 4.90 Å². The minimum Gasteiger partial charge on any atom is -0.378 e. The highest BCUT2D eigenvalue weighted by molar-refractivity contribution is 9.10. The predicted octanol–water partition coefficient (Wildman–Crippen LogP) is 3.63. The van der Waals surface area contributed by atoms with Crippen LogP contribution in [0.4, 0.5) is 5.69 Å². The molecule has 21 heavy (non-hydrogen) atoms. The average Bonchev–Trinajstić information content (AvgIpc) is 2.86. The smallest absolute Gasteiger partial charge is 0.205 e. The Morgan fingerprint density at radius 2 is 2.00 bits per heavy atom. The molecule has 0 aliphatic rings. The standard InChI is InChI=1S/C16H18BrN3O/c1-4-20-16(14(17)11-18-20)15(21)10-7-12-5-8-13(9-6-12)19(2)3/h5-11H,4H2,1-3H3/b10-7+. The number of anilines is 1. The van der Waals surface area contributed by atoms with Crippen molar-refractivity contribution in [2.75, 3.05) is 19.0 Å². The number of benzene rings is 1. The Morgan fingerprint density at radius 3 is 2.57 bits per heavy atom. The van der Waals surface area contributed by atoms with Crippen LogP contribution >= 0.6 is 15.9 Å². The summed E-state index contributed by atoms with van der Waals surface area (Å²) in [5.41, 5.74) is 2.71. The fourth-order valence-corrected chi connectivity index (χ4v) is 2.47. The lowest BCUT2D eigenvalue weighted by molar-refractivity contribution is 0.103. The van der Waals surface area contributed by atoms with E-state index in [0.29, 0.717) is 12.2 Å². The minimum absolute atomic E-state index is 0.0575. The second-order valence-corrected chi connectivity index (χ2v) is 5.69. The molecule has 0 saturated carbocycles. The number of rotatable bonds is 5. The molecule has 2 aromatic rings. The molecule has 0 unspecified atom stereocenters. The van der Waals surface area contributed by atoms with Crippen LogP contribution < -0.4 is 4.90 Å². The molecule has 0 fully saturated rings. The molecule has 2 rings (SSSR count). The first-order valence-corrected chi connectivity index (χ1v) is 7.53. The third-order valence-electron chi connectivity index (χ3n) is 3.16. The lowest BCUT2D eigenvalue weighted by atomic mass is 10.1. The van der Waals surface area contributed by atoms with Crippen molar-refractivity contribution < 1.29 is 4.79 Å². The molecule has 0 atom stereocenters. The maximum atomic E-state index is 12.3. The number of aryl methyl sites for hydroxylation is 1. The summed E-state index contributed by atoms with van der Waals surface area (Å²) in [4.78, 5) is 14.3. The summed E-state index contributed by atoms with van der Waals surface area (Å²) in [5.74, 6) is -0.0575. The van der Waals surface area contributed by atoms with Crippen molar-refractivity contribution in [3.63, 3.8) is 0 Å². The molecule has 0 spiro atoms. The number of nitrogens with zero attached hydrogens (tertiary/aromatic N) is 3. The Morgan fingerprint density at radius 1 is 1.33 bits per heavy atom. The van der Waals surface area contributed by atoms with Crippen molar-refractivity contribution in [1.29, 1.82) is 0 Å². The van der Waals surface area contributed by atoms with E-state index in [2.05, 4.69) is 21.0 Å². The van der Waals surface area contributed by atoms with E-state index in [9.17, 15) is 4.79 Å². The van der Waals surface area contributed by atoms with Gasteiger partial charge in [0.15, 0.2) is 0 Å². The van der Waals surface area contributed by atoms with E-state index in [1.807, 2.05) is 56.3 Å². The molecular formula is C16H18BrN3O. The quantitative estimate of drug-likeness (QED) is 0.612. The Labute approximate surface area is 133 Å². The topological polar surface area (TPSA) is 38.1 Å². The fraction of sp³-hybridized carbons (Fsp3) is 0.250. The minimum atomic E-state index is -0.0575. The maximum Gasteiger partial charge on any atom is 0.205 e. The average molecular weight is 348 g/mol. The van der Waals surface area contributed by atoms with Crippen LogP contribution in [0.25, 0.3) is 6.08 Å². The van der Waals surface area contributed by atoms with Gasteiger partial charge in [0.2, 0.25) is 5.78 Å². The summed E-state index contributed by atoms with van der Waals surface area (Å²) in [6.45, 7) is 2.62. The second kappa shape index (κ2) is 6.72. The second-order valence-electron chi connectivity index (χ2n) is 4.84. The lowest BCUT2D eigenvalue weighted by Gasteiger charge is -2.11. The van der Waals surface area contributed by atoms with Crippen molar-refractivity contribution in [3.8, 4) is 0 Å². The van der Waals surface area contributed by atoms with Crippen molar-refractivity contribution >= 4 is 33.5 Å². The zero-order valence-corrected chi connectivity index (χ0v) is 14.0. The number of carbonyl (C=O) groups is 1. The maximum absolute atomic E-state index is 12.3. The van der Waals surface area contributed by atoms with Gasteiger partial charge in [0, 0.05) is 26.3 Å². The van der Waals surface area contributed by atoms with Crippen molar-refractivity contribution in [1.82, 2.24) is 9.78 Å². The van der Waals surface area contributed by atoms with E-state index in [0.717, 1.165) is 15.7 Å². The van der Waals surface area contributed by atoms with E-state index >= 15 is 0 Å². The van der Waals surface area contributed by atoms with Gasteiger partial charge in [0.1, 0.15) is 5.69 Å². The molecule has 0 amide bonds. The number of carbonyl (C=O) groups excluding carboxylic acids is 1. The molecule has 0 aliphatic heterocycles. The molecule has 5 heteroatoms. The number of halogens is 1. The van der Waals surface area contributed by atoms with Gasteiger partial charge in [-0.1, -0.05) is 18.2 Å². The number of allylic oxidation sites excluding steroid dienone is 1. The SMILES string of the molecule is CCn1ncc(Br)c1C(=O)/C=C/c1ccc(N(C)C)cc1. The first-order chi connectivity index (χ1) is 10.0. The first kappa shape index (κ1) is 15.5. The predicted molar refractivity (Wildman–Crippen MR) is 89.7 cm³/mol. The van der Waals surface area contributed by atoms with E-state index in [1.54, 1.807) is 17.0 Å². The highest BCUT2D eigenvalue weighted by Gasteiger charge is 2.13. The third kappa shape index (κ3) is 3.61. The normalized spacial score (nSPS) is 11.0. The zero-order valence-electron chi connectivity index (χ0n) is 12.4. The number of hydrogen-bond acceptors (Lipinski definition) is 3. The molecule has 1 aromatic heterocycles. The van der Waals surface area contributed by atoms with Gasteiger partial charge in [-0.25, -0.2) is 0 Å². The van der Waals surface area contributed by atoms with Crippen molar-refractivity contribution in [3.05, 3.63) is 52.3 Å². The Bertz CT molecular complexity index is 657. The van der Waals surface area contributed by atoms with Crippen molar-refractivity contribution in [2.24, 2.45) is 0 Å². The fourth-order valence-electron chi connectivity index (χ4n) is 1.98. The van der Waals surface area contributed by atoms with E-state index < -0.39 is 0 Å². The molecule has 0 bridgehead atoms. The molecule has 1 aromatic carbocycles. The summed E-state index contributed by atoms with van der Waals surface area (Å²) in [7, 11) is 4.00. The largest absolute Gasteiger partial charge is 0.378 e. The molecule has 0 saturated heterocycles. The van der Waals surface area contributed by atoms with Crippen LogP contribution in [0.3, 0.4) is 0 Å². The lowest BCUT2D eigenvalue weighted by Crippen LogP contribution is -2.08. The number of hydrogen-bond donors (Lipinski definition) is 0. The molecule has 0 aliphatic carbocycles. The molecule has 4 nitrogen and oxygen atoms in total. The number of ketones is 1. The Balaban J connectivity index is 2.17. The van der Waals surface area contributed by atoms with E-state index in [1.165, 1.54) is 0 Å². The highest BCUT2D eigenvalue weighted by Crippen LogP contribution is 2.18. The molecule has 0 radical (unpaired) electrons. The van der Waals surface area contributed by atoms with E-state index in [4.69, 9.17) is 0 Å². The number of aromatic nitrogens is 2. The van der Waals surface area contributed by atoms with Crippen LogP contribution in [0.15, 0.2) is 41.0 Å². The summed E-state index contributed by atoms with van der Waals surface area (Å²) in [6, 6.07) is 8.03. The van der Waals surface area contributed by atoms with Crippen LogP contribution in [0, 0.1) is 0 Å². The van der Waals surface area contributed by atoms with E-state index in [-0.39, 0.29) is 5.78 Å². The van der Waals surface area contributed by atoms with Gasteiger partial charge in [0.25, 0.3) is 0 Å². The van der Waals surface area contributed by atoms with Gasteiger partial charge in [-0.05, 0) is 46.6 Å². The van der Waals surface area contributed by atoms with Crippen LogP contribution in [-0.4, -0.2) is 29.7 Å². The molecular weight excluding hydrogens is 330 g/mol. The summed E-state index contributed by atoms with van der Waals surface area (Å²) in [5, 5.41) is 4.15. The van der Waals surface area contributed by atoms with Gasteiger partial charge >= 0.3 is 0 Å².